The maximum Gasteiger partial charge on any atom is 0.237 e. The summed E-state index contributed by atoms with van der Waals surface area (Å²) in [5, 5.41) is 11.9. The molecule has 1 amide bonds. The lowest BCUT2D eigenvalue weighted by Crippen LogP contribution is -2.46. The molecular formula is C12H17N2O2S. The summed E-state index contributed by atoms with van der Waals surface area (Å²) in [4.78, 5) is 11.7. The molecule has 0 fully saturated rings. The number of phenolic OH excluding ortho intramolecular Hbond substituents is 1. The Morgan fingerprint density at radius 1 is 1.47 bits per heavy atom. The molecule has 0 bridgehead atoms. The van der Waals surface area contributed by atoms with Gasteiger partial charge in [0.25, 0.3) is 0 Å². The SMILES string of the molecule is C[C@H](C[S])NC(=O)[C@@H](N)Cc1ccc(O)cc1. The van der Waals surface area contributed by atoms with Gasteiger partial charge in [-0.25, -0.2) is 0 Å². The van der Waals surface area contributed by atoms with Crippen molar-refractivity contribution in [3.8, 4) is 5.75 Å². The van der Waals surface area contributed by atoms with Crippen LogP contribution in [0.2, 0.25) is 0 Å². The zero-order valence-electron chi connectivity index (χ0n) is 9.72. The number of phenols is 1. The Morgan fingerprint density at radius 3 is 2.59 bits per heavy atom. The van der Waals surface area contributed by atoms with Gasteiger partial charge in [0.2, 0.25) is 5.91 Å². The summed E-state index contributed by atoms with van der Waals surface area (Å²) >= 11 is 4.84. The van der Waals surface area contributed by atoms with Crippen LogP contribution in [0.5, 0.6) is 5.75 Å². The number of aromatic hydroxyl groups is 1. The van der Waals surface area contributed by atoms with Gasteiger partial charge in [0, 0.05) is 11.8 Å². The minimum absolute atomic E-state index is 0.0385. The number of carbonyl (C=O) groups is 1. The predicted molar refractivity (Wildman–Crippen MR) is 69.8 cm³/mol. The summed E-state index contributed by atoms with van der Waals surface area (Å²) in [6.07, 6.45) is 0.441. The van der Waals surface area contributed by atoms with E-state index >= 15 is 0 Å². The molecule has 0 aliphatic rings. The minimum atomic E-state index is -0.594. The van der Waals surface area contributed by atoms with Gasteiger partial charge in [-0.05, 0) is 31.0 Å². The largest absolute Gasteiger partial charge is 0.508 e. The van der Waals surface area contributed by atoms with Crippen LogP contribution in [0.1, 0.15) is 12.5 Å². The molecule has 0 saturated carbocycles. The maximum atomic E-state index is 11.7. The van der Waals surface area contributed by atoms with Crippen LogP contribution in [0.25, 0.3) is 0 Å². The smallest absolute Gasteiger partial charge is 0.237 e. The van der Waals surface area contributed by atoms with Crippen molar-refractivity contribution in [3.63, 3.8) is 0 Å². The van der Waals surface area contributed by atoms with Gasteiger partial charge in [-0.2, -0.15) is 0 Å². The Kier molecular flexibility index (Phi) is 5.31. The molecule has 17 heavy (non-hydrogen) atoms. The number of nitrogens with one attached hydrogen (secondary N) is 1. The van der Waals surface area contributed by atoms with E-state index in [0.717, 1.165) is 5.56 Å². The fourth-order valence-corrected chi connectivity index (χ4v) is 1.45. The van der Waals surface area contributed by atoms with Crippen molar-refractivity contribution in [2.24, 2.45) is 5.73 Å². The summed E-state index contributed by atoms with van der Waals surface area (Å²) in [5.41, 5.74) is 6.70. The third-order valence-electron chi connectivity index (χ3n) is 2.37. The second-order valence-electron chi connectivity index (χ2n) is 4.05. The molecule has 4 nitrogen and oxygen atoms in total. The highest BCUT2D eigenvalue weighted by Gasteiger charge is 2.15. The predicted octanol–water partition coefficient (Wildman–Crippen LogP) is 0.964. The molecule has 0 aliphatic carbocycles. The highest BCUT2D eigenvalue weighted by molar-refractivity contribution is 7.80. The number of benzene rings is 1. The average Bonchev–Trinajstić information content (AvgIpc) is 2.31. The minimum Gasteiger partial charge on any atom is -0.508 e. The van der Waals surface area contributed by atoms with Gasteiger partial charge in [0.15, 0.2) is 0 Å². The quantitative estimate of drug-likeness (QED) is 0.731. The Balaban J connectivity index is 2.51. The van der Waals surface area contributed by atoms with E-state index in [-0.39, 0.29) is 17.7 Å². The monoisotopic (exact) mass is 253 g/mol. The van der Waals surface area contributed by atoms with Crippen molar-refractivity contribution in [2.45, 2.75) is 25.4 Å². The fourth-order valence-electron chi connectivity index (χ4n) is 1.37. The number of amides is 1. The zero-order valence-corrected chi connectivity index (χ0v) is 10.5. The number of hydrogen-bond acceptors (Lipinski definition) is 3. The van der Waals surface area contributed by atoms with Crippen molar-refractivity contribution in [1.29, 1.82) is 0 Å². The molecule has 0 heterocycles. The molecule has 1 aromatic carbocycles. The molecule has 93 valence electrons. The van der Waals surface area contributed by atoms with Gasteiger partial charge in [0.1, 0.15) is 5.75 Å². The molecule has 1 aromatic rings. The highest BCUT2D eigenvalue weighted by Crippen LogP contribution is 2.10. The van der Waals surface area contributed by atoms with E-state index in [1.54, 1.807) is 24.3 Å². The summed E-state index contributed by atoms with van der Waals surface area (Å²) in [5.74, 6) is 0.472. The van der Waals surface area contributed by atoms with Crippen LogP contribution in [0.4, 0.5) is 0 Å². The first kappa shape index (κ1) is 13.9. The van der Waals surface area contributed by atoms with Crippen LogP contribution in [0.3, 0.4) is 0 Å². The number of hydrogen-bond donors (Lipinski definition) is 3. The lowest BCUT2D eigenvalue weighted by Gasteiger charge is -2.15. The Bertz CT molecular complexity index is 367. The van der Waals surface area contributed by atoms with Gasteiger partial charge in [-0.15, -0.1) is 0 Å². The first-order valence-electron chi connectivity index (χ1n) is 5.45. The lowest BCUT2D eigenvalue weighted by atomic mass is 10.1. The third kappa shape index (κ3) is 4.66. The van der Waals surface area contributed by atoms with Crippen molar-refractivity contribution < 1.29 is 9.90 Å². The van der Waals surface area contributed by atoms with Crippen LogP contribution in [0, 0.1) is 0 Å². The molecule has 0 spiro atoms. The van der Waals surface area contributed by atoms with Crippen molar-refractivity contribution in [1.82, 2.24) is 5.32 Å². The third-order valence-corrected chi connectivity index (χ3v) is 2.87. The topological polar surface area (TPSA) is 75.4 Å². The van der Waals surface area contributed by atoms with E-state index in [9.17, 15) is 4.79 Å². The van der Waals surface area contributed by atoms with Crippen LogP contribution in [0.15, 0.2) is 24.3 Å². The Labute approximate surface area is 107 Å². The molecule has 0 aliphatic heterocycles. The second-order valence-corrected chi connectivity index (χ2v) is 4.39. The van der Waals surface area contributed by atoms with Gasteiger partial charge in [0.05, 0.1) is 6.04 Å². The fraction of sp³-hybridized carbons (Fsp3) is 0.417. The summed E-state index contributed by atoms with van der Waals surface area (Å²) in [6.45, 7) is 1.85. The molecule has 1 rings (SSSR count). The molecule has 4 N–H and O–H groups in total. The van der Waals surface area contributed by atoms with Crippen LogP contribution in [-0.2, 0) is 11.2 Å². The van der Waals surface area contributed by atoms with Gasteiger partial charge in [-0.1, -0.05) is 24.8 Å². The van der Waals surface area contributed by atoms with E-state index in [0.29, 0.717) is 12.2 Å². The number of rotatable bonds is 5. The maximum absolute atomic E-state index is 11.7. The Hall–Kier alpha value is -1.20. The normalized spacial score (nSPS) is 14.1. The standard InChI is InChI=1S/C12H17N2O2S/c1-8(7-17)14-12(16)11(13)6-9-2-4-10(15)5-3-9/h2-5,8,11,15H,6-7,13H2,1H3,(H,14,16)/t8-,11+/m1/s1. The van der Waals surface area contributed by atoms with Crippen LogP contribution >= 0.6 is 12.6 Å². The van der Waals surface area contributed by atoms with Gasteiger partial charge >= 0.3 is 0 Å². The molecule has 0 saturated heterocycles. The summed E-state index contributed by atoms with van der Waals surface area (Å²) in [6, 6.07) is 6.02. The lowest BCUT2D eigenvalue weighted by molar-refractivity contribution is -0.122. The van der Waals surface area contributed by atoms with E-state index in [1.807, 2.05) is 6.92 Å². The molecular weight excluding hydrogens is 236 g/mol. The first-order valence-corrected chi connectivity index (χ1v) is 6.02. The Morgan fingerprint density at radius 2 is 2.06 bits per heavy atom. The molecule has 1 radical (unpaired) electrons. The highest BCUT2D eigenvalue weighted by atomic mass is 32.1. The molecule has 5 heteroatoms. The van der Waals surface area contributed by atoms with E-state index in [2.05, 4.69) is 5.32 Å². The van der Waals surface area contributed by atoms with Crippen LogP contribution < -0.4 is 11.1 Å². The van der Waals surface area contributed by atoms with E-state index in [4.69, 9.17) is 23.5 Å². The van der Waals surface area contributed by atoms with Gasteiger partial charge < -0.3 is 16.2 Å². The van der Waals surface area contributed by atoms with Gasteiger partial charge in [-0.3, -0.25) is 4.79 Å². The van der Waals surface area contributed by atoms with Crippen molar-refractivity contribution >= 4 is 18.5 Å². The number of carbonyl (C=O) groups excluding carboxylic acids is 1. The first-order chi connectivity index (χ1) is 8.02. The summed E-state index contributed by atoms with van der Waals surface area (Å²) < 4.78 is 0. The molecule has 0 unspecified atom stereocenters. The second kappa shape index (κ2) is 6.51. The summed E-state index contributed by atoms with van der Waals surface area (Å²) in [7, 11) is 0. The molecule has 2 atom stereocenters. The van der Waals surface area contributed by atoms with Crippen molar-refractivity contribution in [3.05, 3.63) is 29.8 Å². The van der Waals surface area contributed by atoms with E-state index < -0.39 is 6.04 Å². The zero-order chi connectivity index (χ0) is 12.8. The van der Waals surface area contributed by atoms with Crippen molar-refractivity contribution in [2.75, 3.05) is 5.75 Å². The van der Waals surface area contributed by atoms with E-state index in [1.165, 1.54) is 0 Å². The average molecular weight is 253 g/mol. The molecule has 0 aromatic heterocycles. The number of nitrogens with two attached hydrogens (primary N) is 1. The van der Waals surface area contributed by atoms with Crippen LogP contribution in [-0.4, -0.2) is 28.9 Å².